The van der Waals surface area contributed by atoms with Crippen LogP contribution in [0.2, 0.25) is 0 Å². The molecule has 0 spiro atoms. The van der Waals surface area contributed by atoms with Crippen molar-refractivity contribution in [2.45, 2.75) is 25.7 Å². The molecule has 1 aromatic rings. The van der Waals surface area contributed by atoms with Crippen LogP contribution in [0.3, 0.4) is 0 Å². The summed E-state index contributed by atoms with van der Waals surface area (Å²) >= 11 is 0. The molecule has 2 amide bonds. The third-order valence-electron chi connectivity index (χ3n) is 3.23. The average Bonchev–Trinajstić information content (AvgIpc) is 2.42. The Bertz CT molecular complexity index is 600. The van der Waals surface area contributed by atoms with Gasteiger partial charge in [0.05, 0.1) is 10.6 Å². The quantitative estimate of drug-likeness (QED) is 0.412. The highest BCUT2D eigenvalue weighted by atomic mass is 16.6. The number of nitrogens with two attached hydrogens (primary N) is 1. The zero-order valence-electron chi connectivity index (χ0n) is 11.3. The molecule has 0 aromatic heterocycles. The first-order valence-corrected chi connectivity index (χ1v) is 6.60. The minimum absolute atomic E-state index is 0.102. The summed E-state index contributed by atoms with van der Waals surface area (Å²) in [6.07, 6.45) is 1.64. The fourth-order valence-corrected chi connectivity index (χ4v) is 2.20. The molecule has 0 fully saturated rings. The van der Waals surface area contributed by atoms with Crippen molar-refractivity contribution in [3.05, 3.63) is 27.8 Å². The second-order valence-corrected chi connectivity index (χ2v) is 4.83. The van der Waals surface area contributed by atoms with Gasteiger partial charge in [-0.15, -0.1) is 0 Å². The smallest absolute Gasteiger partial charge is 0.294 e. The number of nitro groups is 1. The van der Waals surface area contributed by atoms with Crippen molar-refractivity contribution in [1.29, 1.82) is 0 Å². The molecule has 1 aliphatic rings. The number of carbonyl (C=O) groups is 2. The Morgan fingerprint density at radius 3 is 2.86 bits per heavy atom. The molecule has 0 radical (unpaired) electrons. The van der Waals surface area contributed by atoms with Gasteiger partial charge in [0.25, 0.3) is 5.69 Å². The number of nitrogens with zero attached hydrogens (tertiary/aromatic N) is 1. The van der Waals surface area contributed by atoms with Gasteiger partial charge in [-0.1, -0.05) is 0 Å². The van der Waals surface area contributed by atoms with Gasteiger partial charge in [0, 0.05) is 25.5 Å². The summed E-state index contributed by atoms with van der Waals surface area (Å²) in [4.78, 5) is 32.6. The first-order chi connectivity index (χ1) is 9.97. The van der Waals surface area contributed by atoms with E-state index < -0.39 is 10.8 Å². The van der Waals surface area contributed by atoms with Crippen molar-refractivity contribution in [1.82, 2.24) is 0 Å². The number of primary amides is 1. The molecule has 8 heteroatoms. The van der Waals surface area contributed by atoms with Crippen LogP contribution in [0.25, 0.3) is 0 Å². The van der Waals surface area contributed by atoms with Crippen LogP contribution in [0.15, 0.2) is 12.1 Å². The van der Waals surface area contributed by atoms with E-state index >= 15 is 0 Å². The summed E-state index contributed by atoms with van der Waals surface area (Å²) in [5, 5.41) is 16.7. The van der Waals surface area contributed by atoms with Gasteiger partial charge < -0.3 is 16.4 Å². The lowest BCUT2D eigenvalue weighted by molar-refractivity contribution is -0.383. The molecule has 2 rings (SSSR count). The maximum atomic E-state index is 11.3. The number of hydrogen-bond acceptors (Lipinski definition) is 5. The number of anilines is 2. The van der Waals surface area contributed by atoms with Gasteiger partial charge in [-0.05, 0) is 24.5 Å². The Balaban J connectivity index is 2.17. The number of nitro benzene ring substituents is 1. The third kappa shape index (κ3) is 3.68. The van der Waals surface area contributed by atoms with E-state index in [4.69, 9.17) is 5.73 Å². The van der Waals surface area contributed by atoms with Crippen LogP contribution in [-0.2, 0) is 16.0 Å². The van der Waals surface area contributed by atoms with E-state index in [2.05, 4.69) is 10.6 Å². The van der Waals surface area contributed by atoms with Gasteiger partial charge in [-0.25, -0.2) is 0 Å². The number of rotatable bonds is 6. The van der Waals surface area contributed by atoms with Crippen molar-refractivity contribution in [2.75, 3.05) is 17.2 Å². The number of benzene rings is 1. The molecular weight excluding hydrogens is 276 g/mol. The van der Waals surface area contributed by atoms with Gasteiger partial charge in [-0.2, -0.15) is 0 Å². The zero-order valence-corrected chi connectivity index (χ0v) is 11.3. The maximum Gasteiger partial charge on any atom is 0.294 e. The molecule has 0 saturated carbocycles. The normalized spacial score (nSPS) is 13.2. The number of fused-ring (bicyclic) bond motifs is 1. The Labute approximate surface area is 120 Å². The van der Waals surface area contributed by atoms with Crippen molar-refractivity contribution < 1.29 is 14.5 Å². The molecule has 112 valence electrons. The predicted octanol–water partition coefficient (Wildman–Crippen LogP) is 1.16. The first-order valence-electron chi connectivity index (χ1n) is 6.60. The second-order valence-electron chi connectivity index (χ2n) is 4.83. The van der Waals surface area contributed by atoms with Crippen molar-refractivity contribution in [3.8, 4) is 0 Å². The Morgan fingerprint density at radius 1 is 1.43 bits per heavy atom. The summed E-state index contributed by atoms with van der Waals surface area (Å²) in [6, 6.07) is 3.04. The summed E-state index contributed by atoms with van der Waals surface area (Å²) in [5.74, 6) is -0.543. The lowest BCUT2D eigenvalue weighted by Crippen LogP contribution is -2.19. The van der Waals surface area contributed by atoms with Crippen molar-refractivity contribution in [2.24, 2.45) is 5.73 Å². The molecule has 0 saturated heterocycles. The second kappa shape index (κ2) is 6.21. The summed E-state index contributed by atoms with van der Waals surface area (Å²) in [5.41, 5.74) is 6.67. The highest BCUT2D eigenvalue weighted by molar-refractivity contribution is 5.95. The van der Waals surface area contributed by atoms with E-state index in [1.165, 1.54) is 6.07 Å². The fourth-order valence-electron chi connectivity index (χ4n) is 2.20. The van der Waals surface area contributed by atoms with E-state index in [9.17, 15) is 19.7 Å². The number of carbonyl (C=O) groups excluding carboxylic acids is 2. The molecule has 0 atom stereocenters. The van der Waals surface area contributed by atoms with E-state index in [-0.39, 0.29) is 18.0 Å². The van der Waals surface area contributed by atoms with Gasteiger partial charge in [0.2, 0.25) is 11.8 Å². The topological polar surface area (TPSA) is 127 Å². The Kier molecular flexibility index (Phi) is 4.36. The monoisotopic (exact) mass is 292 g/mol. The summed E-state index contributed by atoms with van der Waals surface area (Å²) < 4.78 is 0. The molecule has 0 unspecified atom stereocenters. The van der Waals surface area contributed by atoms with E-state index in [0.717, 1.165) is 5.56 Å². The minimum atomic E-state index is -0.503. The van der Waals surface area contributed by atoms with Crippen LogP contribution >= 0.6 is 0 Å². The predicted molar refractivity (Wildman–Crippen MR) is 77.0 cm³/mol. The first kappa shape index (κ1) is 14.8. The molecule has 0 bridgehead atoms. The lowest BCUT2D eigenvalue weighted by atomic mass is 10.0. The lowest BCUT2D eigenvalue weighted by Gasteiger charge is -2.18. The Morgan fingerprint density at radius 2 is 2.19 bits per heavy atom. The van der Waals surface area contributed by atoms with Crippen LogP contribution in [0.5, 0.6) is 0 Å². The van der Waals surface area contributed by atoms with E-state index in [1.807, 2.05) is 0 Å². The third-order valence-corrected chi connectivity index (χ3v) is 3.23. The number of amides is 2. The summed E-state index contributed by atoms with van der Waals surface area (Å²) in [6.45, 7) is 0.412. The minimum Gasteiger partial charge on any atom is -0.379 e. The van der Waals surface area contributed by atoms with Crippen molar-refractivity contribution in [3.63, 3.8) is 0 Å². The molecule has 1 aliphatic heterocycles. The highest BCUT2D eigenvalue weighted by Gasteiger charge is 2.22. The Hall–Kier alpha value is -2.64. The van der Waals surface area contributed by atoms with Crippen LogP contribution in [-0.4, -0.2) is 23.3 Å². The molecule has 1 aromatic carbocycles. The summed E-state index contributed by atoms with van der Waals surface area (Å²) in [7, 11) is 0. The van der Waals surface area contributed by atoms with Crippen molar-refractivity contribution >= 4 is 28.9 Å². The van der Waals surface area contributed by atoms with Crippen LogP contribution in [0, 0.1) is 10.1 Å². The number of nitrogens with one attached hydrogen (secondary N) is 2. The molecule has 4 N–H and O–H groups in total. The fraction of sp³-hybridized carbons (Fsp3) is 0.385. The average molecular weight is 292 g/mol. The van der Waals surface area contributed by atoms with Crippen LogP contribution in [0.4, 0.5) is 17.1 Å². The number of aryl methyl sites for hydroxylation is 1. The van der Waals surface area contributed by atoms with E-state index in [0.29, 0.717) is 37.2 Å². The molecule has 0 aliphatic carbocycles. The van der Waals surface area contributed by atoms with Gasteiger partial charge >= 0.3 is 0 Å². The van der Waals surface area contributed by atoms with Crippen LogP contribution < -0.4 is 16.4 Å². The zero-order chi connectivity index (χ0) is 15.4. The highest BCUT2D eigenvalue weighted by Crippen LogP contribution is 2.34. The van der Waals surface area contributed by atoms with Gasteiger partial charge in [-0.3, -0.25) is 19.7 Å². The van der Waals surface area contributed by atoms with Gasteiger partial charge in [0.1, 0.15) is 5.69 Å². The largest absolute Gasteiger partial charge is 0.379 e. The molecular formula is C13H16N4O4. The molecule has 21 heavy (non-hydrogen) atoms. The molecule has 1 heterocycles. The van der Waals surface area contributed by atoms with Gasteiger partial charge in [0.15, 0.2) is 0 Å². The molecule has 8 nitrogen and oxygen atoms in total. The number of hydrogen-bond donors (Lipinski definition) is 3. The standard InChI is InChI=1S/C13H16N4O4/c14-12(18)2-1-5-15-10-6-8-3-4-13(19)16-9(8)7-11(10)17(20)21/h6-7,15H,1-5H2,(H2,14,18)(H,16,19). The van der Waals surface area contributed by atoms with E-state index in [1.54, 1.807) is 6.07 Å². The SMILES string of the molecule is NC(=O)CCCNc1cc2c(cc1[N+](=O)[O-])NC(=O)CC2. The van der Waals surface area contributed by atoms with Crippen LogP contribution in [0.1, 0.15) is 24.8 Å². The maximum absolute atomic E-state index is 11.3.